The van der Waals surface area contributed by atoms with Crippen molar-refractivity contribution in [1.29, 1.82) is 0 Å². The van der Waals surface area contributed by atoms with Crippen LogP contribution in [-0.2, 0) is 20.9 Å². The van der Waals surface area contributed by atoms with Gasteiger partial charge in [-0.05, 0) is 6.07 Å². The molecule has 2 aromatic heterocycles. The smallest absolute Gasteiger partial charge is 0.264 e. The first-order chi connectivity index (χ1) is 7.94. The highest BCUT2D eigenvalue weighted by molar-refractivity contribution is 7.85. The van der Waals surface area contributed by atoms with Gasteiger partial charge in [-0.25, -0.2) is 0 Å². The van der Waals surface area contributed by atoms with Gasteiger partial charge in [-0.2, -0.15) is 8.42 Å². The third-order valence-electron chi connectivity index (χ3n) is 1.83. The minimum absolute atomic E-state index is 0.139. The number of halogens is 1. The maximum absolute atomic E-state index is 10.8. The van der Waals surface area contributed by atoms with Crippen LogP contribution in [0.1, 0.15) is 5.69 Å². The Bertz CT molecular complexity index is 616. The zero-order valence-electron chi connectivity index (χ0n) is 8.71. The number of aromatic nitrogens is 1. The van der Waals surface area contributed by atoms with E-state index in [1.807, 2.05) is 5.38 Å². The van der Waals surface area contributed by atoms with Crippen molar-refractivity contribution in [3.8, 4) is 11.3 Å². The standard InChI is InChI=1S/C9H8ClNO4S2/c1-17(12,13)14-4-7-3-8(15-11-7)6-2-9(10)16-5-6/h2-3,5H,4H2,1H3. The summed E-state index contributed by atoms with van der Waals surface area (Å²) in [5.41, 5.74) is 1.21. The summed E-state index contributed by atoms with van der Waals surface area (Å²) in [5.74, 6) is 0.528. The third kappa shape index (κ3) is 3.53. The summed E-state index contributed by atoms with van der Waals surface area (Å²) in [4.78, 5) is 0. The Hall–Kier alpha value is -0.890. The molecular weight excluding hydrogens is 286 g/mol. The molecule has 0 radical (unpaired) electrons. The lowest BCUT2D eigenvalue weighted by Crippen LogP contribution is -2.02. The number of rotatable bonds is 4. The molecule has 2 rings (SSSR count). The Morgan fingerprint density at radius 1 is 1.53 bits per heavy atom. The first-order valence-corrected chi connectivity index (χ1v) is 7.56. The van der Waals surface area contributed by atoms with E-state index >= 15 is 0 Å². The first kappa shape index (κ1) is 12.6. The Morgan fingerprint density at radius 2 is 2.29 bits per heavy atom. The van der Waals surface area contributed by atoms with E-state index in [9.17, 15) is 8.42 Å². The fraction of sp³-hybridized carbons (Fsp3) is 0.222. The topological polar surface area (TPSA) is 69.4 Å². The maximum Gasteiger partial charge on any atom is 0.264 e. The molecule has 8 heteroatoms. The average molecular weight is 294 g/mol. The van der Waals surface area contributed by atoms with E-state index in [1.165, 1.54) is 11.3 Å². The van der Waals surface area contributed by atoms with E-state index < -0.39 is 10.1 Å². The van der Waals surface area contributed by atoms with Crippen molar-refractivity contribution in [2.75, 3.05) is 6.26 Å². The monoisotopic (exact) mass is 293 g/mol. The van der Waals surface area contributed by atoms with Gasteiger partial charge in [0.15, 0.2) is 5.76 Å². The van der Waals surface area contributed by atoms with Gasteiger partial charge >= 0.3 is 0 Å². The number of nitrogens with zero attached hydrogens (tertiary/aromatic N) is 1. The molecule has 0 unspecified atom stereocenters. The summed E-state index contributed by atoms with van der Waals surface area (Å²) in [6.07, 6.45) is 0.979. The lowest BCUT2D eigenvalue weighted by molar-refractivity contribution is 0.296. The largest absolute Gasteiger partial charge is 0.356 e. The molecule has 5 nitrogen and oxygen atoms in total. The Labute approximate surface area is 107 Å². The van der Waals surface area contributed by atoms with Crippen LogP contribution in [0.15, 0.2) is 22.0 Å². The van der Waals surface area contributed by atoms with Crippen LogP contribution in [0.2, 0.25) is 4.34 Å². The molecule has 0 aliphatic heterocycles. The average Bonchev–Trinajstić information content (AvgIpc) is 2.81. The molecular formula is C9H8ClNO4S2. The van der Waals surface area contributed by atoms with Crippen LogP contribution in [0.5, 0.6) is 0 Å². The molecule has 2 aromatic rings. The second-order valence-electron chi connectivity index (χ2n) is 3.29. The third-order valence-corrected chi connectivity index (χ3v) is 3.47. The molecule has 0 aromatic carbocycles. The van der Waals surface area contributed by atoms with Gasteiger partial charge in [-0.15, -0.1) is 11.3 Å². The van der Waals surface area contributed by atoms with Crippen LogP contribution in [0.4, 0.5) is 0 Å². The Balaban J connectivity index is 2.11. The molecule has 0 saturated heterocycles. The van der Waals surface area contributed by atoms with E-state index in [4.69, 9.17) is 16.1 Å². The quantitative estimate of drug-likeness (QED) is 0.810. The highest BCUT2D eigenvalue weighted by atomic mass is 35.5. The zero-order valence-corrected chi connectivity index (χ0v) is 11.1. The molecule has 0 bridgehead atoms. The van der Waals surface area contributed by atoms with Crippen molar-refractivity contribution in [2.24, 2.45) is 0 Å². The molecule has 2 heterocycles. The van der Waals surface area contributed by atoms with E-state index in [0.717, 1.165) is 11.8 Å². The molecule has 0 atom stereocenters. The predicted octanol–water partition coefficient (Wildman–Crippen LogP) is 2.53. The zero-order chi connectivity index (χ0) is 12.5. The lowest BCUT2D eigenvalue weighted by atomic mass is 10.2. The number of hydrogen-bond acceptors (Lipinski definition) is 6. The minimum atomic E-state index is -3.47. The van der Waals surface area contributed by atoms with E-state index in [-0.39, 0.29) is 6.61 Å². The molecule has 0 N–H and O–H groups in total. The summed E-state index contributed by atoms with van der Waals surface area (Å²) in [7, 11) is -3.47. The van der Waals surface area contributed by atoms with Crippen molar-refractivity contribution in [2.45, 2.75) is 6.61 Å². The van der Waals surface area contributed by atoms with E-state index in [2.05, 4.69) is 9.34 Å². The fourth-order valence-electron chi connectivity index (χ4n) is 1.12. The van der Waals surface area contributed by atoms with Gasteiger partial charge in [-0.1, -0.05) is 16.8 Å². The molecule has 0 aliphatic carbocycles. The molecule has 0 aliphatic rings. The minimum Gasteiger partial charge on any atom is -0.356 e. The molecule has 0 fully saturated rings. The van der Waals surface area contributed by atoms with Gasteiger partial charge < -0.3 is 4.52 Å². The second-order valence-corrected chi connectivity index (χ2v) is 6.47. The molecule has 0 saturated carbocycles. The SMILES string of the molecule is CS(=O)(=O)OCc1cc(-c2csc(Cl)c2)on1. The summed E-state index contributed by atoms with van der Waals surface area (Å²) in [6.45, 7) is -0.139. The summed E-state index contributed by atoms with van der Waals surface area (Å²) in [5, 5.41) is 5.53. The van der Waals surface area contributed by atoms with Gasteiger partial charge in [-0.3, -0.25) is 4.18 Å². The van der Waals surface area contributed by atoms with Crippen LogP contribution < -0.4 is 0 Å². The number of thiophene rings is 1. The van der Waals surface area contributed by atoms with Crippen molar-refractivity contribution in [3.63, 3.8) is 0 Å². The van der Waals surface area contributed by atoms with Crippen LogP contribution in [0.3, 0.4) is 0 Å². The van der Waals surface area contributed by atoms with Crippen LogP contribution in [0, 0.1) is 0 Å². The van der Waals surface area contributed by atoms with Crippen molar-refractivity contribution in [3.05, 3.63) is 27.5 Å². The Kier molecular flexibility index (Phi) is 3.53. The van der Waals surface area contributed by atoms with Gasteiger partial charge in [0.25, 0.3) is 10.1 Å². The van der Waals surface area contributed by atoms with Crippen molar-refractivity contribution in [1.82, 2.24) is 5.16 Å². The van der Waals surface area contributed by atoms with Crippen molar-refractivity contribution < 1.29 is 17.1 Å². The molecule has 0 spiro atoms. The van der Waals surface area contributed by atoms with E-state index in [0.29, 0.717) is 15.8 Å². The highest BCUT2D eigenvalue weighted by Gasteiger charge is 2.10. The van der Waals surface area contributed by atoms with E-state index in [1.54, 1.807) is 12.1 Å². The maximum atomic E-state index is 10.8. The molecule has 0 amide bonds. The number of hydrogen-bond donors (Lipinski definition) is 0. The van der Waals surface area contributed by atoms with Gasteiger partial charge in [0, 0.05) is 17.0 Å². The second kappa shape index (κ2) is 4.77. The summed E-state index contributed by atoms with van der Waals surface area (Å²) >= 11 is 7.17. The van der Waals surface area contributed by atoms with Crippen LogP contribution in [0.25, 0.3) is 11.3 Å². The fourth-order valence-corrected chi connectivity index (χ4v) is 2.33. The van der Waals surface area contributed by atoms with Crippen LogP contribution in [-0.4, -0.2) is 19.8 Å². The predicted molar refractivity (Wildman–Crippen MR) is 64.5 cm³/mol. The van der Waals surface area contributed by atoms with Gasteiger partial charge in [0.1, 0.15) is 12.3 Å². The van der Waals surface area contributed by atoms with Gasteiger partial charge in [0.2, 0.25) is 0 Å². The first-order valence-electron chi connectivity index (χ1n) is 4.48. The summed E-state index contributed by atoms with van der Waals surface area (Å²) < 4.78 is 31.9. The lowest BCUT2D eigenvalue weighted by Gasteiger charge is -1.94. The normalized spacial score (nSPS) is 11.9. The highest BCUT2D eigenvalue weighted by Crippen LogP contribution is 2.29. The van der Waals surface area contributed by atoms with Gasteiger partial charge in [0.05, 0.1) is 10.6 Å². The molecule has 17 heavy (non-hydrogen) atoms. The van der Waals surface area contributed by atoms with Crippen molar-refractivity contribution >= 4 is 33.1 Å². The van der Waals surface area contributed by atoms with Crippen LogP contribution >= 0.6 is 22.9 Å². The summed E-state index contributed by atoms with van der Waals surface area (Å²) in [6, 6.07) is 3.36. The molecule has 92 valence electrons. The Morgan fingerprint density at radius 3 is 2.88 bits per heavy atom.